The zero-order valence-corrected chi connectivity index (χ0v) is 14.2. The van der Waals surface area contributed by atoms with Crippen LogP contribution in [0.15, 0.2) is 42.5 Å². The number of nitrogens with zero attached hydrogens (tertiary/aromatic N) is 1. The molecule has 2 bridgehead atoms. The normalized spacial score (nSPS) is 25.8. The minimum Gasteiger partial charge on any atom is -0.326 e. The third kappa shape index (κ3) is 3.46. The molecule has 3 nitrogen and oxygen atoms in total. The smallest absolute Gasteiger partial charge is 0.224 e. The van der Waals surface area contributed by atoms with Crippen molar-refractivity contribution in [2.24, 2.45) is 11.8 Å². The van der Waals surface area contributed by atoms with E-state index in [1.54, 1.807) is 0 Å². The molecule has 0 aromatic heterocycles. The predicted octanol–water partition coefficient (Wildman–Crippen LogP) is 4.23. The molecule has 2 heterocycles. The Kier molecular flexibility index (Phi) is 5.20. The summed E-state index contributed by atoms with van der Waals surface area (Å²) in [4.78, 5) is 15.1. The van der Waals surface area contributed by atoms with E-state index < -0.39 is 0 Å². The number of carbonyl (C=O) groups excluding carboxylic acids is 1. The number of hydrogen-bond acceptors (Lipinski definition) is 2. The molecular formula is C21H26N2O. The lowest BCUT2D eigenvalue weighted by Gasteiger charge is -2.42. The van der Waals surface area contributed by atoms with Crippen LogP contribution >= 0.6 is 0 Å². The molecule has 3 unspecified atom stereocenters. The van der Waals surface area contributed by atoms with Crippen LogP contribution in [0.3, 0.4) is 0 Å². The average molecular weight is 322 g/mol. The summed E-state index contributed by atoms with van der Waals surface area (Å²) < 4.78 is 0. The van der Waals surface area contributed by atoms with Gasteiger partial charge in [-0.2, -0.15) is 0 Å². The van der Waals surface area contributed by atoms with Crippen LogP contribution in [0.25, 0.3) is 10.8 Å². The number of amides is 1. The molecule has 2 fully saturated rings. The Morgan fingerprint density at radius 1 is 1.08 bits per heavy atom. The number of fused-ring (bicyclic) bond motifs is 3. The molecule has 2 aromatic carbocycles. The second-order valence-corrected chi connectivity index (χ2v) is 7.03. The summed E-state index contributed by atoms with van der Waals surface area (Å²) in [6.07, 6.45) is 4.43. The van der Waals surface area contributed by atoms with Crippen molar-refractivity contribution in [2.75, 3.05) is 25.0 Å². The molecule has 2 aromatic rings. The Labute approximate surface area is 145 Å². The van der Waals surface area contributed by atoms with E-state index in [9.17, 15) is 4.79 Å². The van der Waals surface area contributed by atoms with Gasteiger partial charge in [0.15, 0.2) is 0 Å². The average Bonchev–Trinajstić information content (AvgIpc) is 2.58. The first-order valence-corrected chi connectivity index (χ1v) is 8.79. The summed E-state index contributed by atoms with van der Waals surface area (Å²) in [5.74, 6) is 1.45. The molecule has 3 heteroatoms. The zero-order valence-electron chi connectivity index (χ0n) is 14.2. The van der Waals surface area contributed by atoms with Crippen LogP contribution in [0.5, 0.6) is 0 Å². The van der Waals surface area contributed by atoms with Gasteiger partial charge >= 0.3 is 0 Å². The Bertz CT molecular complexity index is 707. The summed E-state index contributed by atoms with van der Waals surface area (Å²) in [7, 11) is 0. The van der Waals surface area contributed by atoms with E-state index in [1.807, 2.05) is 24.3 Å². The van der Waals surface area contributed by atoms with E-state index in [2.05, 4.69) is 28.4 Å². The number of piperidine rings is 2. The van der Waals surface area contributed by atoms with Crippen LogP contribution in [-0.2, 0) is 4.79 Å². The van der Waals surface area contributed by atoms with E-state index in [4.69, 9.17) is 0 Å². The molecule has 3 atom stereocenters. The standard InChI is InChI=1S/C20H24N2O.CH2/c23-20(13-16-10-12-22-11-4-7-17(16)14-22)21-19-9-3-6-15-5-1-2-8-18(15)19;/h1-3,5-6,8-9,16-17H,4,7,10-14H2,(H,21,23);1H2. The third-order valence-electron chi connectivity index (χ3n) is 5.54. The number of benzene rings is 2. The number of rotatable bonds is 3. The maximum atomic E-state index is 12.6. The number of carbonyl (C=O) groups is 1. The van der Waals surface area contributed by atoms with E-state index in [0.29, 0.717) is 12.3 Å². The maximum Gasteiger partial charge on any atom is 0.224 e. The van der Waals surface area contributed by atoms with Gasteiger partial charge in [0.25, 0.3) is 0 Å². The van der Waals surface area contributed by atoms with Gasteiger partial charge in [-0.1, -0.05) is 43.8 Å². The molecule has 0 aliphatic carbocycles. The fraction of sp³-hybridized carbons (Fsp3) is 0.429. The lowest BCUT2D eigenvalue weighted by Crippen LogP contribution is -2.45. The largest absolute Gasteiger partial charge is 0.326 e. The van der Waals surface area contributed by atoms with Crippen molar-refractivity contribution < 1.29 is 4.79 Å². The molecule has 126 valence electrons. The number of nitrogens with one attached hydrogen (secondary N) is 1. The predicted molar refractivity (Wildman–Crippen MR) is 99.8 cm³/mol. The first kappa shape index (κ1) is 17.0. The molecular weight excluding hydrogens is 296 g/mol. The van der Waals surface area contributed by atoms with Gasteiger partial charge in [0, 0.05) is 24.0 Å². The molecule has 1 amide bonds. The summed E-state index contributed by atoms with van der Waals surface area (Å²) in [5.41, 5.74) is 0.939. The van der Waals surface area contributed by atoms with Crippen molar-refractivity contribution in [1.82, 2.24) is 4.90 Å². The highest BCUT2D eigenvalue weighted by Crippen LogP contribution is 2.33. The molecule has 2 radical (unpaired) electrons. The maximum absolute atomic E-state index is 12.6. The van der Waals surface area contributed by atoms with E-state index in [0.717, 1.165) is 17.0 Å². The molecule has 4 rings (SSSR count). The van der Waals surface area contributed by atoms with Crippen LogP contribution in [0, 0.1) is 19.3 Å². The Morgan fingerprint density at radius 2 is 1.92 bits per heavy atom. The Balaban J connectivity index is 0.00000169. The van der Waals surface area contributed by atoms with Gasteiger partial charge in [-0.15, -0.1) is 0 Å². The Hall–Kier alpha value is -1.87. The van der Waals surface area contributed by atoms with Crippen molar-refractivity contribution in [3.63, 3.8) is 0 Å². The lowest BCUT2D eigenvalue weighted by molar-refractivity contribution is -0.118. The number of anilines is 1. The minimum absolute atomic E-state index is 0. The monoisotopic (exact) mass is 322 g/mol. The SMILES string of the molecule is O=C(CC1CCN2CCCC1C2)Nc1cccc2ccccc12.[CH2]. The van der Waals surface area contributed by atoms with Gasteiger partial charge in [0.1, 0.15) is 0 Å². The molecule has 24 heavy (non-hydrogen) atoms. The second kappa shape index (κ2) is 7.35. The lowest BCUT2D eigenvalue weighted by atomic mass is 9.78. The summed E-state index contributed by atoms with van der Waals surface area (Å²) in [5, 5.41) is 5.45. The van der Waals surface area contributed by atoms with E-state index >= 15 is 0 Å². The molecule has 2 aliphatic rings. The fourth-order valence-electron chi connectivity index (χ4n) is 4.31. The first-order valence-electron chi connectivity index (χ1n) is 8.79. The van der Waals surface area contributed by atoms with E-state index in [1.165, 1.54) is 44.3 Å². The summed E-state index contributed by atoms with van der Waals surface area (Å²) in [6, 6.07) is 14.3. The van der Waals surface area contributed by atoms with Crippen LogP contribution in [0.1, 0.15) is 25.7 Å². The molecule has 2 saturated heterocycles. The first-order chi connectivity index (χ1) is 11.3. The van der Waals surface area contributed by atoms with Crippen molar-refractivity contribution in [3.8, 4) is 0 Å². The molecule has 1 N–H and O–H groups in total. The van der Waals surface area contributed by atoms with Crippen molar-refractivity contribution in [3.05, 3.63) is 49.9 Å². The second-order valence-electron chi connectivity index (χ2n) is 7.03. The van der Waals surface area contributed by atoms with Crippen molar-refractivity contribution >= 4 is 22.4 Å². The zero-order chi connectivity index (χ0) is 15.6. The van der Waals surface area contributed by atoms with Crippen molar-refractivity contribution in [1.29, 1.82) is 0 Å². The van der Waals surface area contributed by atoms with Crippen LogP contribution in [0.4, 0.5) is 5.69 Å². The highest BCUT2D eigenvalue weighted by atomic mass is 16.1. The van der Waals surface area contributed by atoms with Gasteiger partial charge in [0.05, 0.1) is 0 Å². The highest BCUT2D eigenvalue weighted by molar-refractivity contribution is 6.02. The van der Waals surface area contributed by atoms with Crippen LogP contribution in [-0.4, -0.2) is 30.4 Å². The van der Waals surface area contributed by atoms with Gasteiger partial charge in [-0.25, -0.2) is 0 Å². The highest BCUT2D eigenvalue weighted by Gasteiger charge is 2.33. The van der Waals surface area contributed by atoms with Crippen LogP contribution < -0.4 is 5.32 Å². The van der Waals surface area contributed by atoms with Crippen LogP contribution in [0.2, 0.25) is 0 Å². The third-order valence-corrected chi connectivity index (χ3v) is 5.54. The summed E-state index contributed by atoms with van der Waals surface area (Å²) >= 11 is 0. The van der Waals surface area contributed by atoms with Gasteiger partial charge in [-0.3, -0.25) is 4.79 Å². The quantitative estimate of drug-likeness (QED) is 0.917. The number of hydrogen-bond donors (Lipinski definition) is 1. The molecule has 2 aliphatic heterocycles. The molecule has 0 saturated carbocycles. The van der Waals surface area contributed by atoms with Gasteiger partial charge < -0.3 is 10.2 Å². The van der Waals surface area contributed by atoms with Gasteiger partial charge in [0.2, 0.25) is 5.91 Å². The van der Waals surface area contributed by atoms with E-state index in [-0.39, 0.29) is 13.3 Å². The minimum atomic E-state index is 0. The topological polar surface area (TPSA) is 32.3 Å². The molecule has 0 spiro atoms. The van der Waals surface area contributed by atoms with Gasteiger partial charge in [-0.05, 0) is 55.6 Å². The summed E-state index contributed by atoms with van der Waals surface area (Å²) in [6.45, 7) is 3.63. The van der Waals surface area contributed by atoms with Crippen molar-refractivity contribution in [2.45, 2.75) is 25.7 Å². The fourth-order valence-corrected chi connectivity index (χ4v) is 4.31. The Morgan fingerprint density at radius 3 is 2.83 bits per heavy atom.